The van der Waals surface area contributed by atoms with Crippen molar-refractivity contribution in [3.05, 3.63) is 0 Å². The van der Waals surface area contributed by atoms with Crippen molar-refractivity contribution < 1.29 is 0 Å². The predicted molar refractivity (Wildman–Crippen MR) is 155 cm³/mol. The molecule has 0 bridgehead atoms. The van der Waals surface area contributed by atoms with Crippen LogP contribution in [-0.2, 0) is 0 Å². The van der Waals surface area contributed by atoms with Gasteiger partial charge in [0.1, 0.15) is 0 Å². The number of rotatable bonds is 25. The Morgan fingerprint density at radius 1 is 0.323 bits per heavy atom. The molecule has 0 spiro atoms. The van der Waals surface area contributed by atoms with Gasteiger partial charge >= 0.3 is 175 Å². The van der Waals surface area contributed by atoms with E-state index in [-0.39, 0.29) is 0 Å². The van der Waals surface area contributed by atoms with Crippen molar-refractivity contribution in [1.82, 2.24) is 0 Å². The molecule has 0 unspecified atom stereocenters. The molecular weight excluding hydrogens is 459 g/mol. The van der Waals surface area contributed by atoms with Crippen molar-refractivity contribution in [1.29, 1.82) is 0 Å². The zero-order valence-electron chi connectivity index (χ0n) is 22.5. The van der Waals surface area contributed by atoms with E-state index in [4.69, 9.17) is 0 Å². The van der Waals surface area contributed by atoms with E-state index in [1.807, 2.05) is 0 Å². The van der Waals surface area contributed by atoms with Crippen molar-refractivity contribution in [3.8, 4) is 0 Å². The van der Waals surface area contributed by atoms with Crippen molar-refractivity contribution >= 4 is 20.8 Å². The van der Waals surface area contributed by atoms with Crippen molar-refractivity contribution in [2.75, 3.05) is 24.6 Å². The van der Waals surface area contributed by atoms with Crippen LogP contribution in [0.2, 0.25) is 0 Å². The average Bonchev–Trinajstić information content (AvgIpc) is 2.78. The third-order valence-electron chi connectivity index (χ3n) is 7.53. The molecule has 31 heavy (non-hydrogen) atoms. The van der Waals surface area contributed by atoms with Crippen molar-refractivity contribution in [2.45, 2.75) is 163 Å². The summed E-state index contributed by atoms with van der Waals surface area (Å²) in [7, 11) is 0. The Balaban J connectivity index is 3.93. The Hall–Kier alpha value is 0.910. The monoisotopic (exact) mass is 520 g/mol. The number of hydrogen-bond donors (Lipinski definition) is 0. The fourth-order valence-corrected chi connectivity index (χ4v) is 13.9. The van der Waals surface area contributed by atoms with E-state index < -0.39 is 5.31 Å². The predicted octanol–water partition coefficient (Wildman–Crippen LogP) is 12.1. The van der Waals surface area contributed by atoms with Crippen LogP contribution in [-0.4, -0.2) is 24.6 Å². The van der Waals surface area contributed by atoms with Gasteiger partial charge in [-0.05, 0) is 0 Å². The van der Waals surface area contributed by atoms with E-state index in [1.54, 1.807) is 0 Å². The van der Waals surface area contributed by atoms with Gasteiger partial charge in [0.25, 0.3) is 0 Å². The molecule has 0 aliphatic carbocycles. The molecule has 0 fully saturated rings. The molecule has 0 saturated heterocycles. The minimum absolute atomic E-state index is 1.36. The first-order chi connectivity index (χ1) is 15.0. The van der Waals surface area contributed by atoms with Crippen LogP contribution < -0.4 is 0 Å². The molecule has 0 radical (unpaired) electrons. The molecule has 0 nitrogen and oxygen atoms in total. The summed E-state index contributed by atoms with van der Waals surface area (Å²) in [6.45, 7) is 9.44. The van der Waals surface area contributed by atoms with Gasteiger partial charge in [-0.25, -0.2) is 0 Å². The van der Waals surface area contributed by atoms with E-state index in [0.29, 0.717) is 0 Å². The van der Waals surface area contributed by atoms with Crippen molar-refractivity contribution in [3.63, 3.8) is 0 Å². The third kappa shape index (κ3) is 18.0. The zero-order valence-corrected chi connectivity index (χ0v) is 25.0. The van der Waals surface area contributed by atoms with E-state index in [0.717, 1.165) is 0 Å². The van der Waals surface area contributed by atoms with Gasteiger partial charge in [0, 0.05) is 0 Å². The second-order valence-corrected chi connectivity index (χ2v) is 22.2. The SMILES string of the molecule is CCCCCCCCCCCCCCCCCP(Br)(CCCC)(CCCC)CCCC. The summed E-state index contributed by atoms with van der Waals surface area (Å²) >= 11 is 4.57. The van der Waals surface area contributed by atoms with E-state index in [9.17, 15) is 0 Å². The quantitative estimate of drug-likeness (QED) is 0.0828. The fraction of sp³-hybridized carbons (Fsp3) is 1.00. The van der Waals surface area contributed by atoms with Gasteiger partial charge in [-0.1, -0.05) is 32.6 Å². The summed E-state index contributed by atoms with van der Waals surface area (Å²) in [6, 6.07) is 0. The molecule has 190 valence electrons. The van der Waals surface area contributed by atoms with Gasteiger partial charge in [-0.3, -0.25) is 0 Å². The molecule has 0 atom stereocenters. The van der Waals surface area contributed by atoms with Crippen LogP contribution in [0.1, 0.15) is 163 Å². The van der Waals surface area contributed by atoms with Crippen LogP contribution in [0.25, 0.3) is 0 Å². The summed E-state index contributed by atoms with van der Waals surface area (Å²) in [6.07, 6.45) is 36.5. The Kier molecular flexibility index (Phi) is 22.1. The van der Waals surface area contributed by atoms with Gasteiger partial charge < -0.3 is 0 Å². The van der Waals surface area contributed by atoms with Crippen molar-refractivity contribution in [2.24, 2.45) is 0 Å². The molecule has 0 rings (SSSR count). The van der Waals surface area contributed by atoms with E-state index >= 15 is 0 Å². The average molecular weight is 522 g/mol. The first-order valence-corrected chi connectivity index (χ1v) is 19.8. The summed E-state index contributed by atoms with van der Waals surface area (Å²) in [5, 5.41) is -1.64. The number of halogens is 1. The third-order valence-corrected chi connectivity index (χ3v) is 17.5. The molecule has 0 aromatic carbocycles. The molecule has 0 aromatic heterocycles. The number of hydrogen-bond acceptors (Lipinski definition) is 0. The molecular formula is C29H62BrP. The van der Waals surface area contributed by atoms with Crippen LogP contribution in [0.15, 0.2) is 0 Å². The molecule has 0 aromatic rings. The van der Waals surface area contributed by atoms with Gasteiger partial charge in [-0.2, -0.15) is 0 Å². The second kappa shape index (κ2) is 21.4. The first-order valence-electron chi connectivity index (χ1n) is 14.8. The molecule has 0 aliphatic rings. The Morgan fingerprint density at radius 2 is 0.548 bits per heavy atom. The molecule has 0 amide bonds. The van der Waals surface area contributed by atoms with Crippen LogP contribution in [0.4, 0.5) is 0 Å². The van der Waals surface area contributed by atoms with Gasteiger partial charge in [0.2, 0.25) is 0 Å². The van der Waals surface area contributed by atoms with Crippen LogP contribution in [0.5, 0.6) is 0 Å². The van der Waals surface area contributed by atoms with Gasteiger partial charge in [0.15, 0.2) is 0 Å². The first kappa shape index (κ1) is 31.9. The van der Waals surface area contributed by atoms with Crippen LogP contribution >= 0.6 is 20.8 Å². The van der Waals surface area contributed by atoms with Crippen LogP contribution in [0.3, 0.4) is 0 Å². The molecule has 2 heteroatoms. The summed E-state index contributed by atoms with van der Waals surface area (Å²) in [4.78, 5) is 0. The molecule has 0 aliphatic heterocycles. The molecule has 0 heterocycles. The maximum atomic E-state index is 4.57. The maximum absolute atomic E-state index is 4.57. The fourth-order valence-electron chi connectivity index (χ4n) is 5.21. The topological polar surface area (TPSA) is 0 Å². The Morgan fingerprint density at radius 3 is 0.839 bits per heavy atom. The summed E-state index contributed by atoms with van der Waals surface area (Å²) in [5.74, 6) is 0. The number of unbranched alkanes of at least 4 members (excludes halogenated alkanes) is 17. The van der Waals surface area contributed by atoms with Gasteiger partial charge in [-0.15, -0.1) is 0 Å². The molecule has 0 N–H and O–H groups in total. The molecule has 0 saturated carbocycles. The Bertz CT molecular complexity index is 343. The van der Waals surface area contributed by atoms with Gasteiger partial charge in [0.05, 0.1) is 0 Å². The van der Waals surface area contributed by atoms with Crippen LogP contribution in [0, 0.1) is 0 Å². The zero-order chi connectivity index (χ0) is 23.1. The minimum atomic E-state index is -1.64. The normalized spacial score (nSPS) is 13.4. The van der Waals surface area contributed by atoms with E-state index in [1.165, 1.54) is 159 Å². The standard InChI is InChI=1S/C29H62BrP/c1-5-9-13-14-15-16-17-18-19-20-21-22-23-24-25-29-31(30,26-10-6-2,27-11-7-3)28-12-8-4/h5-29H2,1-4H3. The Labute approximate surface area is 207 Å². The summed E-state index contributed by atoms with van der Waals surface area (Å²) in [5.41, 5.74) is 0. The van der Waals surface area contributed by atoms with E-state index in [2.05, 4.69) is 43.2 Å². The summed E-state index contributed by atoms with van der Waals surface area (Å²) < 4.78 is 0. The second-order valence-electron chi connectivity index (χ2n) is 10.7.